The molecule has 0 spiro atoms. The average molecular weight is 744 g/mol. The van der Waals surface area contributed by atoms with Crippen LogP contribution in [0.1, 0.15) is 25.0 Å². The molecule has 0 aliphatic heterocycles. The van der Waals surface area contributed by atoms with Crippen molar-refractivity contribution in [3.8, 4) is 78.7 Å². The lowest BCUT2D eigenvalue weighted by atomic mass is 9.79. The molecule has 4 heteroatoms. The maximum Gasteiger partial charge on any atom is 0.164 e. The molecule has 1 aliphatic carbocycles. The zero-order valence-electron chi connectivity index (χ0n) is 32.1. The fraction of sp³-hybridized carbons (Fsp3) is 0.0556. The van der Waals surface area contributed by atoms with Crippen molar-refractivity contribution in [1.29, 1.82) is 0 Å². The van der Waals surface area contributed by atoms with Crippen LogP contribution in [-0.2, 0) is 5.41 Å². The number of hydrogen-bond acceptors (Lipinski definition) is 4. The summed E-state index contributed by atoms with van der Waals surface area (Å²) in [4.78, 5) is 15.6. The lowest BCUT2D eigenvalue weighted by molar-refractivity contribution is 0.662. The van der Waals surface area contributed by atoms with Crippen molar-refractivity contribution in [2.75, 3.05) is 0 Å². The van der Waals surface area contributed by atoms with Gasteiger partial charge in [-0.05, 0) is 86.0 Å². The van der Waals surface area contributed by atoms with Crippen LogP contribution in [0.4, 0.5) is 0 Å². The van der Waals surface area contributed by atoms with Crippen LogP contribution in [0.3, 0.4) is 0 Å². The van der Waals surface area contributed by atoms with E-state index < -0.39 is 0 Å². The molecule has 0 unspecified atom stereocenters. The third kappa shape index (κ3) is 5.56. The summed E-state index contributed by atoms with van der Waals surface area (Å²) in [6.45, 7) is 4.67. The summed E-state index contributed by atoms with van der Waals surface area (Å²) >= 11 is 0. The Kier molecular flexibility index (Phi) is 7.80. The molecule has 0 N–H and O–H groups in total. The van der Waals surface area contributed by atoms with Gasteiger partial charge in [0.2, 0.25) is 0 Å². The van der Waals surface area contributed by atoms with Gasteiger partial charge in [-0.1, -0.05) is 172 Å². The van der Waals surface area contributed by atoms with Gasteiger partial charge in [-0.2, -0.15) is 0 Å². The largest absolute Gasteiger partial charge is 0.456 e. The molecule has 11 rings (SSSR count). The molecule has 0 radical (unpaired) electrons. The monoisotopic (exact) mass is 743 g/mol. The predicted molar refractivity (Wildman–Crippen MR) is 237 cm³/mol. The van der Waals surface area contributed by atoms with E-state index in [1.807, 2.05) is 18.2 Å². The molecule has 2 heterocycles. The number of hydrogen-bond donors (Lipinski definition) is 0. The first-order chi connectivity index (χ1) is 28.5. The number of aromatic nitrogens is 3. The van der Waals surface area contributed by atoms with Crippen LogP contribution in [0.25, 0.3) is 101 Å². The molecule has 10 aromatic rings. The second kappa shape index (κ2) is 13.4. The lowest BCUT2D eigenvalue weighted by Gasteiger charge is -2.24. The smallest absolute Gasteiger partial charge is 0.164 e. The van der Waals surface area contributed by atoms with E-state index in [9.17, 15) is 0 Å². The van der Waals surface area contributed by atoms with Gasteiger partial charge >= 0.3 is 0 Å². The van der Waals surface area contributed by atoms with Crippen LogP contribution in [0, 0.1) is 0 Å². The van der Waals surface area contributed by atoms with Crippen molar-refractivity contribution in [2.45, 2.75) is 19.3 Å². The zero-order valence-corrected chi connectivity index (χ0v) is 32.1. The van der Waals surface area contributed by atoms with Gasteiger partial charge in [0.1, 0.15) is 11.2 Å². The molecule has 4 nitrogen and oxygen atoms in total. The highest BCUT2D eigenvalue weighted by Crippen LogP contribution is 2.52. The number of furan rings is 1. The number of fused-ring (bicyclic) bond motifs is 6. The lowest BCUT2D eigenvalue weighted by Crippen LogP contribution is -2.16. The summed E-state index contributed by atoms with van der Waals surface area (Å²) in [7, 11) is 0. The molecule has 0 amide bonds. The molecule has 0 saturated heterocycles. The van der Waals surface area contributed by atoms with Crippen molar-refractivity contribution in [2.24, 2.45) is 0 Å². The molecule has 0 fully saturated rings. The summed E-state index contributed by atoms with van der Waals surface area (Å²) in [5, 5.41) is 2.15. The van der Waals surface area contributed by atoms with Crippen LogP contribution >= 0.6 is 0 Å². The van der Waals surface area contributed by atoms with Crippen LogP contribution in [0.15, 0.2) is 192 Å². The molecule has 8 aromatic carbocycles. The highest BCUT2D eigenvalue weighted by Gasteiger charge is 2.37. The minimum absolute atomic E-state index is 0.146. The van der Waals surface area contributed by atoms with Gasteiger partial charge < -0.3 is 4.42 Å². The van der Waals surface area contributed by atoms with Crippen molar-refractivity contribution >= 4 is 21.9 Å². The van der Waals surface area contributed by atoms with E-state index in [4.69, 9.17) is 19.4 Å². The van der Waals surface area contributed by atoms with E-state index >= 15 is 0 Å². The number of nitrogens with zero attached hydrogens (tertiary/aromatic N) is 3. The Hall–Kier alpha value is -7.43. The van der Waals surface area contributed by atoms with Gasteiger partial charge in [0.15, 0.2) is 17.5 Å². The Labute approximate surface area is 337 Å². The van der Waals surface area contributed by atoms with Crippen LogP contribution in [0.2, 0.25) is 0 Å². The van der Waals surface area contributed by atoms with Crippen molar-refractivity contribution in [1.82, 2.24) is 15.0 Å². The third-order valence-electron chi connectivity index (χ3n) is 11.7. The van der Waals surface area contributed by atoms with Crippen molar-refractivity contribution in [3.63, 3.8) is 0 Å². The van der Waals surface area contributed by atoms with Gasteiger partial charge in [-0.25, -0.2) is 15.0 Å². The zero-order chi connectivity index (χ0) is 38.8. The van der Waals surface area contributed by atoms with Crippen LogP contribution in [-0.4, -0.2) is 15.0 Å². The maximum absolute atomic E-state index is 6.54. The fourth-order valence-corrected chi connectivity index (χ4v) is 8.97. The average Bonchev–Trinajstić information content (AvgIpc) is 3.78. The van der Waals surface area contributed by atoms with Gasteiger partial charge in [-0.3, -0.25) is 0 Å². The Morgan fingerprint density at radius 3 is 1.62 bits per heavy atom. The van der Waals surface area contributed by atoms with E-state index in [1.54, 1.807) is 0 Å². The summed E-state index contributed by atoms with van der Waals surface area (Å²) in [5.74, 6) is 1.80. The minimum atomic E-state index is -0.146. The van der Waals surface area contributed by atoms with E-state index in [0.717, 1.165) is 66.4 Å². The highest BCUT2D eigenvalue weighted by atomic mass is 16.3. The quantitative estimate of drug-likeness (QED) is 0.170. The van der Waals surface area contributed by atoms with E-state index in [-0.39, 0.29) is 5.41 Å². The molecule has 1 aliphatic rings. The SMILES string of the molecule is CC1(C)c2ccccc2-c2cccc(-c3cccc(-c4nc(-c5cccc(-c6ccccc6)c5)nc(-c5ccc6c(c5)oc5cccc(-c7ccccc7)c56)n4)c3)c21. The highest BCUT2D eigenvalue weighted by molar-refractivity contribution is 6.13. The third-order valence-corrected chi connectivity index (χ3v) is 11.7. The van der Waals surface area contributed by atoms with Gasteiger partial charge in [0.25, 0.3) is 0 Å². The first-order valence-corrected chi connectivity index (χ1v) is 19.8. The summed E-state index contributed by atoms with van der Waals surface area (Å²) in [5.41, 5.74) is 16.4. The van der Waals surface area contributed by atoms with Crippen LogP contribution in [0.5, 0.6) is 0 Å². The van der Waals surface area contributed by atoms with Crippen LogP contribution < -0.4 is 0 Å². The Morgan fingerprint density at radius 2 is 0.879 bits per heavy atom. The summed E-state index contributed by atoms with van der Waals surface area (Å²) < 4.78 is 6.54. The first kappa shape index (κ1) is 33.9. The standard InChI is InChI=1S/C54H37N3O/c1-54(2)46-27-10-9-23-43(46)44-26-13-25-42(50(44)54)37-20-12-22-39(32-37)52-55-51(38-21-11-19-36(31-38)34-15-5-3-6-16-34)56-53(57-52)40-29-30-45-48(33-40)58-47-28-14-24-41(49(45)47)35-17-7-4-8-18-35/h3-33H,1-2H3. The maximum atomic E-state index is 6.54. The molecule has 0 atom stereocenters. The Balaban J connectivity index is 1.07. The summed E-state index contributed by atoms with van der Waals surface area (Å²) in [6.07, 6.45) is 0. The second-order valence-corrected chi connectivity index (χ2v) is 15.6. The molecule has 0 bridgehead atoms. The fourth-order valence-electron chi connectivity index (χ4n) is 8.97. The normalized spacial score (nSPS) is 12.8. The molecular formula is C54H37N3O. The number of benzene rings is 8. The van der Waals surface area contributed by atoms with Gasteiger partial charge in [-0.15, -0.1) is 0 Å². The minimum Gasteiger partial charge on any atom is -0.456 e. The van der Waals surface area contributed by atoms with Crippen molar-refractivity contribution < 1.29 is 4.42 Å². The molecule has 58 heavy (non-hydrogen) atoms. The van der Waals surface area contributed by atoms with Crippen molar-refractivity contribution in [3.05, 3.63) is 199 Å². The predicted octanol–water partition coefficient (Wildman–Crippen LogP) is 14.1. The summed E-state index contributed by atoms with van der Waals surface area (Å²) in [6, 6.07) is 66.0. The van der Waals surface area contributed by atoms with E-state index in [1.165, 1.54) is 27.8 Å². The molecule has 274 valence electrons. The van der Waals surface area contributed by atoms with E-state index in [0.29, 0.717) is 17.5 Å². The van der Waals surface area contributed by atoms with Gasteiger partial charge in [0.05, 0.1) is 0 Å². The molecule has 2 aromatic heterocycles. The topological polar surface area (TPSA) is 51.8 Å². The molecular weight excluding hydrogens is 707 g/mol. The first-order valence-electron chi connectivity index (χ1n) is 19.8. The Morgan fingerprint density at radius 1 is 0.362 bits per heavy atom. The Bertz CT molecular complexity index is 3200. The number of rotatable bonds is 6. The second-order valence-electron chi connectivity index (χ2n) is 15.6. The van der Waals surface area contributed by atoms with E-state index in [2.05, 4.69) is 184 Å². The van der Waals surface area contributed by atoms with Gasteiger partial charge in [0, 0.05) is 32.9 Å². The molecule has 0 saturated carbocycles.